The first-order valence-corrected chi connectivity index (χ1v) is 7.55. The number of aromatic nitrogens is 2. The molecular weight excluding hydrogens is 328 g/mol. The van der Waals surface area contributed by atoms with Gasteiger partial charge in [0, 0.05) is 17.1 Å². The lowest BCUT2D eigenvalue weighted by atomic mass is 10.0. The number of aryl methyl sites for hydroxylation is 2. The molecule has 0 aliphatic rings. The molecule has 4 heteroatoms. The molecule has 3 rings (SSSR count). The highest BCUT2D eigenvalue weighted by atomic mass is 79.9. The molecule has 0 atom stereocenters. The number of Topliss-reactive ketones (excluding diaryl/α,β-unsaturated/α-hetero) is 1. The van der Waals surface area contributed by atoms with Gasteiger partial charge < -0.3 is 4.57 Å². The molecular formula is C17H15BrN2O. The van der Waals surface area contributed by atoms with Crippen LogP contribution in [0.25, 0.3) is 11.0 Å². The largest absolute Gasteiger partial charge is 0.331 e. The zero-order valence-electron chi connectivity index (χ0n) is 11.9. The van der Waals surface area contributed by atoms with Crippen molar-refractivity contribution in [2.75, 3.05) is 0 Å². The van der Waals surface area contributed by atoms with Crippen molar-refractivity contribution in [3.63, 3.8) is 0 Å². The molecule has 21 heavy (non-hydrogen) atoms. The first kappa shape index (κ1) is 14.0. The Morgan fingerprint density at radius 1 is 1.24 bits per heavy atom. The number of rotatable bonds is 3. The van der Waals surface area contributed by atoms with Crippen LogP contribution in [0.1, 0.15) is 21.7 Å². The molecule has 0 saturated carbocycles. The van der Waals surface area contributed by atoms with Crippen LogP contribution in [0, 0.1) is 6.92 Å². The van der Waals surface area contributed by atoms with E-state index >= 15 is 0 Å². The highest BCUT2D eigenvalue weighted by Gasteiger charge is 2.15. The molecule has 0 saturated heterocycles. The number of fused-ring (bicyclic) bond motifs is 1. The third-order valence-corrected chi connectivity index (χ3v) is 4.19. The van der Waals surface area contributed by atoms with E-state index in [9.17, 15) is 4.79 Å². The van der Waals surface area contributed by atoms with E-state index < -0.39 is 0 Å². The number of para-hydroxylation sites is 2. The second-order valence-electron chi connectivity index (χ2n) is 5.13. The first-order chi connectivity index (χ1) is 10.1. The molecule has 0 unspecified atom stereocenters. The minimum Gasteiger partial charge on any atom is -0.331 e. The Balaban J connectivity index is 1.96. The quantitative estimate of drug-likeness (QED) is 0.672. The molecule has 0 radical (unpaired) electrons. The van der Waals surface area contributed by atoms with Crippen molar-refractivity contribution in [2.24, 2.45) is 7.05 Å². The molecule has 0 spiro atoms. The molecule has 0 N–H and O–H groups in total. The van der Waals surface area contributed by atoms with E-state index in [2.05, 4.69) is 20.9 Å². The fraction of sp³-hybridized carbons (Fsp3) is 0.176. The third-order valence-electron chi connectivity index (χ3n) is 3.70. The molecule has 1 aromatic heterocycles. The number of carbonyl (C=O) groups excluding carboxylic acids is 1. The maximum atomic E-state index is 12.5. The highest BCUT2D eigenvalue weighted by Crippen LogP contribution is 2.19. The molecule has 0 aliphatic carbocycles. The Morgan fingerprint density at radius 3 is 2.76 bits per heavy atom. The molecule has 0 fully saturated rings. The van der Waals surface area contributed by atoms with Gasteiger partial charge >= 0.3 is 0 Å². The number of carbonyl (C=O) groups is 1. The summed E-state index contributed by atoms with van der Waals surface area (Å²) < 4.78 is 2.90. The van der Waals surface area contributed by atoms with Gasteiger partial charge in [0.2, 0.25) is 0 Å². The number of hydrogen-bond donors (Lipinski definition) is 0. The molecule has 2 aromatic carbocycles. The SMILES string of the molecule is Cc1ccc(Br)cc1C(=O)Cc1nc2ccccc2n1C. The van der Waals surface area contributed by atoms with Gasteiger partial charge in [0.05, 0.1) is 17.5 Å². The van der Waals surface area contributed by atoms with E-state index in [1.54, 1.807) is 0 Å². The monoisotopic (exact) mass is 342 g/mol. The highest BCUT2D eigenvalue weighted by molar-refractivity contribution is 9.10. The van der Waals surface area contributed by atoms with Crippen molar-refractivity contribution in [1.82, 2.24) is 9.55 Å². The summed E-state index contributed by atoms with van der Waals surface area (Å²) in [7, 11) is 1.95. The van der Waals surface area contributed by atoms with Gasteiger partial charge in [-0.2, -0.15) is 0 Å². The van der Waals surface area contributed by atoms with Crippen LogP contribution < -0.4 is 0 Å². The van der Waals surface area contributed by atoms with Crippen molar-refractivity contribution in [3.8, 4) is 0 Å². The third kappa shape index (κ3) is 2.63. The van der Waals surface area contributed by atoms with E-state index in [0.29, 0.717) is 6.42 Å². The number of benzene rings is 2. The standard InChI is InChI=1S/C17H15BrN2O/c1-11-7-8-12(18)9-13(11)16(21)10-17-19-14-5-3-4-6-15(14)20(17)2/h3-9H,10H2,1-2H3. The van der Waals surface area contributed by atoms with Crippen LogP contribution in [0.5, 0.6) is 0 Å². The van der Waals surface area contributed by atoms with E-state index in [0.717, 1.165) is 32.5 Å². The smallest absolute Gasteiger partial charge is 0.170 e. The Labute approximate surface area is 131 Å². The Kier molecular flexibility index (Phi) is 3.64. The van der Waals surface area contributed by atoms with Crippen LogP contribution in [0.15, 0.2) is 46.9 Å². The van der Waals surface area contributed by atoms with E-state index in [1.807, 2.05) is 61.0 Å². The summed E-state index contributed by atoms with van der Waals surface area (Å²) >= 11 is 3.42. The van der Waals surface area contributed by atoms with Gasteiger partial charge in [-0.15, -0.1) is 0 Å². The summed E-state index contributed by atoms with van der Waals surface area (Å²) in [6.07, 6.45) is 0.308. The first-order valence-electron chi connectivity index (χ1n) is 6.76. The lowest BCUT2D eigenvalue weighted by Gasteiger charge is -2.06. The van der Waals surface area contributed by atoms with Crippen LogP contribution in [-0.2, 0) is 13.5 Å². The Hall–Kier alpha value is -1.94. The maximum Gasteiger partial charge on any atom is 0.170 e. The number of hydrogen-bond acceptors (Lipinski definition) is 2. The number of nitrogens with zero attached hydrogens (tertiary/aromatic N) is 2. The Morgan fingerprint density at radius 2 is 2.00 bits per heavy atom. The lowest BCUT2D eigenvalue weighted by molar-refractivity contribution is 0.0989. The lowest BCUT2D eigenvalue weighted by Crippen LogP contribution is -2.09. The normalized spacial score (nSPS) is 11.0. The molecule has 0 aliphatic heterocycles. The van der Waals surface area contributed by atoms with Gasteiger partial charge in [0.25, 0.3) is 0 Å². The van der Waals surface area contributed by atoms with Crippen molar-refractivity contribution in [3.05, 3.63) is 63.9 Å². The number of halogens is 1. The molecule has 106 valence electrons. The van der Waals surface area contributed by atoms with E-state index in [4.69, 9.17) is 0 Å². The van der Waals surface area contributed by atoms with Crippen molar-refractivity contribution in [2.45, 2.75) is 13.3 Å². The number of ketones is 1. The van der Waals surface area contributed by atoms with Crippen LogP contribution >= 0.6 is 15.9 Å². The summed E-state index contributed by atoms with van der Waals surface area (Å²) in [6, 6.07) is 13.7. The van der Waals surface area contributed by atoms with Gasteiger partial charge in [0.15, 0.2) is 5.78 Å². The summed E-state index contributed by atoms with van der Waals surface area (Å²) in [6.45, 7) is 1.95. The van der Waals surface area contributed by atoms with E-state index in [-0.39, 0.29) is 5.78 Å². The van der Waals surface area contributed by atoms with E-state index in [1.165, 1.54) is 0 Å². The van der Waals surface area contributed by atoms with Gasteiger partial charge in [-0.3, -0.25) is 4.79 Å². The summed E-state index contributed by atoms with van der Waals surface area (Å²) in [4.78, 5) is 17.1. The fourth-order valence-corrected chi connectivity index (χ4v) is 2.85. The van der Waals surface area contributed by atoms with Crippen LogP contribution in [-0.4, -0.2) is 15.3 Å². The van der Waals surface area contributed by atoms with Crippen LogP contribution in [0.3, 0.4) is 0 Å². The van der Waals surface area contributed by atoms with Gasteiger partial charge in [0.1, 0.15) is 5.82 Å². The summed E-state index contributed by atoms with van der Waals surface area (Å²) in [5.41, 5.74) is 3.71. The molecule has 0 bridgehead atoms. The molecule has 3 aromatic rings. The zero-order chi connectivity index (χ0) is 15.0. The minimum absolute atomic E-state index is 0.0900. The molecule has 1 heterocycles. The van der Waals surface area contributed by atoms with Crippen molar-refractivity contribution in [1.29, 1.82) is 0 Å². The van der Waals surface area contributed by atoms with Gasteiger partial charge in [-0.05, 0) is 36.8 Å². The predicted octanol–water partition coefficient (Wildman–Crippen LogP) is 4.07. The predicted molar refractivity (Wildman–Crippen MR) is 87.6 cm³/mol. The Bertz CT molecular complexity index is 836. The average Bonchev–Trinajstić information content (AvgIpc) is 2.78. The maximum absolute atomic E-state index is 12.5. The molecule has 0 amide bonds. The van der Waals surface area contributed by atoms with Crippen LogP contribution in [0.2, 0.25) is 0 Å². The zero-order valence-corrected chi connectivity index (χ0v) is 13.5. The second-order valence-corrected chi connectivity index (χ2v) is 6.05. The topological polar surface area (TPSA) is 34.9 Å². The number of imidazole rings is 1. The molecule has 3 nitrogen and oxygen atoms in total. The minimum atomic E-state index is 0.0900. The average molecular weight is 343 g/mol. The summed E-state index contributed by atoms with van der Waals surface area (Å²) in [5, 5.41) is 0. The van der Waals surface area contributed by atoms with Crippen LogP contribution in [0.4, 0.5) is 0 Å². The van der Waals surface area contributed by atoms with Crippen molar-refractivity contribution < 1.29 is 4.79 Å². The van der Waals surface area contributed by atoms with Crippen molar-refractivity contribution >= 4 is 32.7 Å². The fourth-order valence-electron chi connectivity index (χ4n) is 2.49. The summed E-state index contributed by atoms with van der Waals surface area (Å²) in [5.74, 6) is 0.882. The van der Waals surface area contributed by atoms with Gasteiger partial charge in [-0.1, -0.05) is 34.1 Å². The van der Waals surface area contributed by atoms with Gasteiger partial charge in [-0.25, -0.2) is 4.98 Å². The second kappa shape index (κ2) is 5.45.